The summed E-state index contributed by atoms with van der Waals surface area (Å²) in [6.07, 6.45) is 2.57. The van der Waals surface area contributed by atoms with Crippen LogP contribution in [0.25, 0.3) is 0 Å². The van der Waals surface area contributed by atoms with Gasteiger partial charge in [0.15, 0.2) is 0 Å². The Morgan fingerprint density at radius 3 is 2.68 bits per heavy atom. The van der Waals surface area contributed by atoms with E-state index in [0.29, 0.717) is 30.0 Å². The molecule has 1 amide bonds. The molecule has 0 radical (unpaired) electrons. The van der Waals surface area contributed by atoms with Gasteiger partial charge in [0, 0.05) is 12.3 Å². The van der Waals surface area contributed by atoms with Gasteiger partial charge in [0.05, 0.1) is 12.7 Å². The van der Waals surface area contributed by atoms with Gasteiger partial charge >= 0.3 is 0 Å². The second kappa shape index (κ2) is 8.40. The first-order valence-electron chi connectivity index (χ1n) is 7.54. The van der Waals surface area contributed by atoms with Crippen LogP contribution in [-0.4, -0.2) is 25.2 Å². The van der Waals surface area contributed by atoms with Crippen molar-refractivity contribution >= 4 is 11.6 Å². The molecule has 1 atom stereocenters. The van der Waals surface area contributed by atoms with Crippen molar-refractivity contribution in [2.75, 3.05) is 19.0 Å². The molecule has 0 aliphatic carbocycles. The fourth-order valence-corrected chi connectivity index (χ4v) is 2.22. The van der Waals surface area contributed by atoms with Crippen molar-refractivity contribution in [3.63, 3.8) is 0 Å². The lowest BCUT2D eigenvalue weighted by atomic mass is 9.97. The number of hydrogen-bond acceptors (Lipinski definition) is 4. The van der Waals surface area contributed by atoms with Crippen molar-refractivity contribution in [3.8, 4) is 11.8 Å². The van der Waals surface area contributed by atoms with Crippen LogP contribution in [0, 0.1) is 11.3 Å². The highest BCUT2D eigenvalue weighted by Gasteiger charge is 2.33. The maximum Gasteiger partial charge on any atom is 0.256 e. The van der Waals surface area contributed by atoms with Gasteiger partial charge in [-0.15, -0.1) is 0 Å². The number of benzene rings is 1. The van der Waals surface area contributed by atoms with Gasteiger partial charge in [-0.3, -0.25) is 4.79 Å². The van der Waals surface area contributed by atoms with E-state index in [-0.39, 0.29) is 5.91 Å². The molecule has 1 rings (SSSR count). The average molecular weight is 304 g/mol. The maximum atomic E-state index is 12.5. The molecule has 0 saturated heterocycles. The lowest BCUT2D eigenvalue weighted by molar-refractivity contribution is -0.139. The van der Waals surface area contributed by atoms with E-state index in [0.717, 1.165) is 12.8 Å². The molecule has 0 fully saturated rings. The number of unbranched alkanes of at least 4 members (excludes halogenated alkanes) is 1. The lowest BCUT2D eigenvalue weighted by Crippen LogP contribution is -2.42. The largest absolute Gasteiger partial charge is 0.495 e. The van der Waals surface area contributed by atoms with E-state index in [1.54, 1.807) is 25.1 Å². The van der Waals surface area contributed by atoms with Crippen LogP contribution in [0.5, 0.6) is 5.75 Å². The molecule has 1 aromatic carbocycles. The van der Waals surface area contributed by atoms with E-state index < -0.39 is 5.60 Å². The zero-order valence-electron chi connectivity index (χ0n) is 13.7. The van der Waals surface area contributed by atoms with Crippen LogP contribution in [0.3, 0.4) is 0 Å². The number of anilines is 1. The molecule has 0 aliphatic heterocycles. The number of nitriles is 1. The number of amides is 1. The smallest absolute Gasteiger partial charge is 0.256 e. The van der Waals surface area contributed by atoms with Gasteiger partial charge < -0.3 is 14.8 Å². The minimum atomic E-state index is -0.864. The number of ether oxygens (including phenoxy) is 2. The van der Waals surface area contributed by atoms with Gasteiger partial charge in [-0.2, -0.15) is 5.26 Å². The van der Waals surface area contributed by atoms with E-state index >= 15 is 0 Å². The molecule has 1 N–H and O–H groups in total. The summed E-state index contributed by atoms with van der Waals surface area (Å²) >= 11 is 0. The van der Waals surface area contributed by atoms with Crippen LogP contribution >= 0.6 is 0 Å². The molecule has 0 spiro atoms. The predicted molar refractivity (Wildman–Crippen MR) is 85.9 cm³/mol. The third kappa shape index (κ3) is 4.47. The molecule has 0 bridgehead atoms. The summed E-state index contributed by atoms with van der Waals surface area (Å²) in [5.41, 5.74) is 0.0778. The van der Waals surface area contributed by atoms with Crippen LogP contribution in [-0.2, 0) is 9.53 Å². The SMILES string of the molecule is CCCCC(C)(OCC)C(=O)Nc1ccc(OC)c(C#N)c1. The Balaban J connectivity index is 2.92. The van der Waals surface area contributed by atoms with Crippen LogP contribution in [0.15, 0.2) is 18.2 Å². The third-order valence-corrected chi connectivity index (χ3v) is 3.53. The molecule has 5 heteroatoms. The molecule has 0 aliphatic rings. The Kier molecular flexibility index (Phi) is 6.87. The number of nitrogens with one attached hydrogen (secondary N) is 1. The second-order valence-electron chi connectivity index (χ2n) is 5.25. The van der Waals surface area contributed by atoms with Crippen LogP contribution < -0.4 is 10.1 Å². The Morgan fingerprint density at radius 1 is 1.41 bits per heavy atom. The third-order valence-electron chi connectivity index (χ3n) is 3.53. The van der Waals surface area contributed by atoms with Crippen molar-refractivity contribution in [2.45, 2.75) is 45.6 Å². The Labute approximate surface area is 132 Å². The lowest BCUT2D eigenvalue weighted by Gasteiger charge is -2.28. The monoisotopic (exact) mass is 304 g/mol. The summed E-state index contributed by atoms with van der Waals surface area (Å²) < 4.78 is 10.8. The summed E-state index contributed by atoms with van der Waals surface area (Å²) in [5, 5.41) is 11.9. The van der Waals surface area contributed by atoms with Gasteiger partial charge in [0.1, 0.15) is 17.4 Å². The molecule has 0 heterocycles. The summed E-state index contributed by atoms with van der Waals surface area (Å²) in [5.74, 6) is 0.288. The molecule has 1 aromatic rings. The molecule has 1 unspecified atom stereocenters. The Bertz CT molecular complexity index is 551. The number of carbonyl (C=O) groups is 1. The summed E-state index contributed by atoms with van der Waals surface area (Å²) in [6.45, 7) is 6.22. The number of hydrogen-bond donors (Lipinski definition) is 1. The molecular weight excluding hydrogens is 280 g/mol. The van der Waals surface area contributed by atoms with E-state index in [1.807, 2.05) is 6.92 Å². The van der Waals surface area contributed by atoms with E-state index in [4.69, 9.17) is 14.7 Å². The average Bonchev–Trinajstić information content (AvgIpc) is 2.53. The predicted octanol–water partition coefficient (Wildman–Crippen LogP) is 3.49. The van der Waals surface area contributed by atoms with Crippen LogP contribution in [0.2, 0.25) is 0 Å². The first-order chi connectivity index (χ1) is 10.5. The van der Waals surface area contributed by atoms with Crippen LogP contribution in [0.4, 0.5) is 5.69 Å². The van der Waals surface area contributed by atoms with Gasteiger partial charge in [-0.05, 0) is 38.5 Å². The quantitative estimate of drug-likeness (QED) is 0.798. The number of methoxy groups -OCH3 is 1. The fourth-order valence-electron chi connectivity index (χ4n) is 2.22. The Morgan fingerprint density at radius 2 is 2.14 bits per heavy atom. The summed E-state index contributed by atoms with van der Waals surface area (Å²) in [7, 11) is 1.51. The van der Waals surface area contributed by atoms with Crippen molar-refractivity contribution in [2.24, 2.45) is 0 Å². The van der Waals surface area contributed by atoms with Gasteiger partial charge in [-0.1, -0.05) is 19.8 Å². The van der Waals surface area contributed by atoms with Crippen molar-refractivity contribution in [1.29, 1.82) is 5.26 Å². The minimum Gasteiger partial charge on any atom is -0.495 e. The Hall–Kier alpha value is -2.06. The molecular formula is C17H24N2O3. The van der Waals surface area contributed by atoms with E-state index in [1.165, 1.54) is 7.11 Å². The normalized spacial score (nSPS) is 13.0. The molecule has 22 heavy (non-hydrogen) atoms. The highest BCUT2D eigenvalue weighted by molar-refractivity contribution is 5.97. The minimum absolute atomic E-state index is 0.197. The van der Waals surface area contributed by atoms with E-state index in [2.05, 4.69) is 18.3 Å². The molecule has 0 saturated carbocycles. The van der Waals surface area contributed by atoms with Gasteiger partial charge in [-0.25, -0.2) is 0 Å². The highest BCUT2D eigenvalue weighted by atomic mass is 16.5. The van der Waals surface area contributed by atoms with Gasteiger partial charge in [0.2, 0.25) is 0 Å². The standard InChI is InChI=1S/C17H24N2O3/c1-5-7-10-17(3,22-6-2)16(20)19-14-8-9-15(21-4)13(11-14)12-18/h8-9,11H,5-7,10H2,1-4H3,(H,19,20). The van der Waals surface area contributed by atoms with Gasteiger partial charge in [0.25, 0.3) is 5.91 Å². The zero-order valence-corrected chi connectivity index (χ0v) is 13.7. The zero-order chi connectivity index (χ0) is 16.6. The molecule has 5 nitrogen and oxygen atoms in total. The molecule has 120 valence electrons. The second-order valence-corrected chi connectivity index (χ2v) is 5.25. The van der Waals surface area contributed by atoms with Crippen molar-refractivity contribution < 1.29 is 14.3 Å². The topological polar surface area (TPSA) is 71.3 Å². The number of nitrogens with zero attached hydrogens (tertiary/aromatic N) is 1. The highest BCUT2D eigenvalue weighted by Crippen LogP contribution is 2.25. The first-order valence-corrected chi connectivity index (χ1v) is 7.54. The number of rotatable bonds is 8. The summed E-state index contributed by atoms with van der Waals surface area (Å²) in [6, 6.07) is 7.03. The summed E-state index contributed by atoms with van der Waals surface area (Å²) in [4.78, 5) is 12.5. The first kappa shape index (κ1) is 18.0. The van der Waals surface area contributed by atoms with Crippen molar-refractivity contribution in [1.82, 2.24) is 0 Å². The fraction of sp³-hybridized carbons (Fsp3) is 0.529. The van der Waals surface area contributed by atoms with E-state index in [9.17, 15) is 4.79 Å². The molecule has 0 aromatic heterocycles. The van der Waals surface area contributed by atoms with Crippen LogP contribution in [0.1, 0.15) is 45.6 Å². The number of carbonyl (C=O) groups excluding carboxylic acids is 1. The van der Waals surface area contributed by atoms with Crippen molar-refractivity contribution in [3.05, 3.63) is 23.8 Å². The maximum absolute atomic E-state index is 12.5.